The molecule has 1 amide bonds. The van der Waals surface area contributed by atoms with Crippen LogP contribution in [-0.4, -0.2) is 19.2 Å². The molecule has 8 nitrogen and oxygen atoms in total. The quantitative estimate of drug-likeness (QED) is 0.417. The van der Waals surface area contributed by atoms with Crippen molar-refractivity contribution < 1.29 is 18.1 Å². The van der Waals surface area contributed by atoms with Crippen LogP contribution in [0, 0.1) is 17.0 Å². The second kappa shape index (κ2) is 8.19. The highest BCUT2D eigenvalue weighted by atomic mass is 35.5. The molecule has 3 aromatic rings. The fourth-order valence-corrected chi connectivity index (χ4v) is 4.61. The molecule has 1 aromatic heterocycles. The van der Waals surface area contributed by atoms with Crippen molar-refractivity contribution in [2.24, 2.45) is 0 Å². The van der Waals surface area contributed by atoms with Crippen LogP contribution in [0.15, 0.2) is 59.5 Å². The van der Waals surface area contributed by atoms with Crippen molar-refractivity contribution in [2.75, 3.05) is 10.0 Å². The number of carbonyl (C=O) groups is 1. The van der Waals surface area contributed by atoms with Gasteiger partial charge in [0.1, 0.15) is 0 Å². The van der Waals surface area contributed by atoms with Gasteiger partial charge in [0.05, 0.1) is 14.7 Å². The molecular weight excluding hydrogens is 438 g/mol. The van der Waals surface area contributed by atoms with E-state index in [9.17, 15) is 23.3 Å². The summed E-state index contributed by atoms with van der Waals surface area (Å²) in [4.78, 5) is 22.6. The van der Waals surface area contributed by atoms with Gasteiger partial charge in [0.25, 0.3) is 15.9 Å². The van der Waals surface area contributed by atoms with Crippen LogP contribution >= 0.6 is 22.9 Å². The summed E-state index contributed by atoms with van der Waals surface area (Å²) < 4.78 is 28.0. The normalized spacial score (nSPS) is 11.1. The third kappa shape index (κ3) is 4.91. The van der Waals surface area contributed by atoms with Crippen LogP contribution < -0.4 is 10.0 Å². The Bertz CT molecular complexity index is 1190. The van der Waals surface area contributed by atoms with Gasteiger partial charge in [-0.1, -0.05) is 29.0 Å². The smallest absolute Gasteiger partial charge is 0.321 e. The Labute approximate surface area is 175 Å². The Morgan fingerprint density at radius 1 is 1.07 bits per heavy atom. The first-order valence-electron chi connectivity index (χ1n) is 8.10. The molecule has 0 saturated carbocycles. The van der Waals surface area contributed by atoms with Gasteiger partial charge in [0.2, 0.25) is 0 Å². The van der Waals surface area contributed by atoms with Crippen LogP contribution in [-0.2, 0) is 10.0 Å². The lowest BCUT2D eigenvalue weighted by Crippen LogP contribution is -2.16. The zero-order chi connectivity index (χ0) is 21.2. The van der Waals surface area contributed by atoms with Gasteiger partial charge in [0, 0.05) is 22.5 Å². The SMILES string of the molecule is Cc1ccc(NC(=O)c2ccc([N+](=O)[O-])s2)cc1S(=O)(=O)Nc1ccc(Cl)cc1. The summed E-state index contributed by atoms with van der Waals surface area (Å²) in [7, 11) is -3.92. The molecule has 1 heterocycles. The minimum atomic E-state index is -3.92. The van der Waals surface area contributed by atoms with Gasteiger partial charge in [-0.15, -0.1) is 0 Å². The number of hydrogen-bond donors (Lipinski definition) is 2. The van der Waals surface area contributed by atoms with E-state index in [2.05, 4.69) is 10.0 Å². The van der Waals surface area contributed by atoms with Crippen LogP contribution in [0.1, 0.15) is 15.2 Å². The lowest BCUT2D eigenvalue weighted by Gasteiger charge is -2.12. The van der Waals surface area contributed by atoms with Gasteiger partial charge in [-0.3, -0.25) is 19.6 Å². The Morgan fingerprint density at radius 3 is 2.34 bits per heavy atom. The maximum absolute atomic E-state index is 12.8. The fraction of sp³-hybridized carbons (Fsp3) is 0.0556. The third-order valence-electron chi connectivity index (χ3n) is 3.83. The molecule has 0 spiro atoms. The zero-order valence-corrected chi connectivity index (χ0v) is 17.3. The molecule has 3 rings (SSSR count). The minimum absolute atomic E-state index is 0.0117. The molecule has 0 saturated heterocycles. The number of sulfonamides is 1. The van der Waals surface area contributed by atoms with E-state index >= 15 is 0 Å². The maximum Gasteiger partial charge on any atom is 0.324 e. The highest BCUT2D eigenvalue weighted by Gasteiger charge is 2.20. The summed E-state index contributed by atoms with van der Waals surface area (Å²) in [6, 6.07) is 13.2. The Balaban J connectivity index is 1.84. The van der Waals surface area contributed by atoms with Crippen LogP contribution in [0.3, 0.4) is 0 Å². The Hall–Kier alpha value is -2.95. The molecule has 0 unspecified atom stereocenters. The first kappa shape index (κ1) is 20.8. The molecule has 0 atom stereocenters. The summed E-state index contributed by atoms with van der Waals surface area (Å²) in [5, 5.41) is 13.6. The van der Waals surface area contributed by atoms with Crippen molar-refractivity contribution >= 4 is 55.2 Å². The van der Waals surface area contributed by atoms with Crippen molar-refractivity contribution in [3.63, 3.8) is 0 Å². The monoisotopic (exact) mass is 451 g/mol. The van der Waals surface area contributed by atoms with Gasteiger partial charge in [-0.05, 0) is 55.0 Å². The number of nitrogens with one attached hydrogen (secondary N) is 2. The Kier molecular flexibility index (Phi) is 5.87. The highest BCUT2D eigenvalue weighted by molar-refractivity contribution is 7.92. The van der Waals surface area contributed by atoms with E-state index in [4.69, 9.17) is 11.6 Å². The predicted molar refractivity (Wildman–Crippen MR) is 112 cm³/mol. The fourth-order valence-electron chi connectivity index (χ4n) is 2.44. The number of thiophene rings is 1. The molecule has 2 aromatic carbocycles. The van der Waals surface area contributed by atoms with E-state index in [1.807, 2.05) is 0 Å². The van der Waals surface area contributed by atoms with Crippen molar-refractivity contribution in [3.05, 3.63) is 80.2 Å². The number of aryl methyl sites for hydroxylation is 1. The largest absolute Gasteiger partial charge is 0.324 e. The van der Waals surface area contributed by atoms with E-state index in [1.165, 1.54) is 30.3 Å². The molecule has 150 valence electrons. The average Bonchev–Trinajstić information content (AvgIpc) is 3.15. The summed E-state index contributed by atoms with van der Waals surface area (Å²) in [5.74, 6) is -0.569. The van der Waals surface area contributed by atoms with Gasteiger partial charge >= 0.3 is 5.00 Å². The standard InChI is InChI=1S/C18H14ClN3O5S2/c1-11-2-5-14(20-18(23)15-8-9-17(28-15)22(24)25)10-16(11)29(26,27)21-13-6-3-12(19)4-7-13/h2-10,21H,1H3,(H,20,23). The van der Waals surface area contributed by atoms with Crippen LogP contribution in [0.25, 0.3) is 0 Å². The zero-order valence-electron chi connectivity index (χ0n) is 14.9. The molecule has 0 fully saturated rings. The number of anilines is 2. The summed E-state index contributed by atoms with van der Waals surface area (Å²) in [5.41, 5.74) is 1.07. The van der Waals surface area contributed by atoms with Crippen LogP contribution in [0.5, 0.6) is 0 Å². The van der Waals surface area contributed by atoms with Crippen molar-refractivity contribution in [2.45, 2.75) is 11.8 Å². The molecule has 2 N–H and O–H groups in total. The molecule has 29 heavy (non-hydrogen) atoms. The molecule has 11 heteroatoms. The number of rotatable bonds is 6. The Morgan fingerprint density at radius 2 is 1.72 bits per heavy atom. The van der Waals surface area contributed by atoms with E-state index in [-0.39, 0.29) is 20.5 Å². The number of benzene rings is 2. The molecule has 0 aliphatic carbocycles. The molecule has 0 aliphatic rings. The minimum Gasteiger partial charge on any atom is -0.321 e. The molecule has 0 radical (unpaired) electrons. The highest BCUT2D eigenvalue weighted by Crippen LogP contribution is 2.27. The van der Waals surface area contributed by atoms with Crippen molar-refractivity contribution in [1.82, 2.24) is 0 Å². The maximum atomic E-state index is 12.8. The van der Waals surface area contributed by atoms with Crippen LogP contribution in [0.2, 0.25) is 5.02 Å². The lowest BCUT2D eigenvalue weighted by atomic mass is 10.2. The third-order valence-corrected chi connectivity index (χ3v) is 6.64. The van der Waals surface area contributed by atoms with Gasteiger partial charge in [-0.2, -0.15) is 0 Å². The first-order valence-corrected chi connectivity index (χ1v) is 10.8. The topological polar surface area (TPSA) is 118 Å². The van der Waals surface area contributed by atoms with Crippen molar-refractivity contribution in [3.8, 4) is 0 Å². The van der Waals surface area contributed by atoms with E-state index < -0.39 is 20.9 Å². The second-order valence-electron chi connectivity index (χ2n) is 5.94. The average molecular weight is 452 g/mol. The van der Waals surface area contributed by atoms with E-state index in [0.29, 0.717) is 16.3 Å². The number of nitrogens with zero attached hydrogens (tertiary/aromatic N) is 1. The van der Waals surface area contributed by atoms with Gasteiger partial charge in [0.15, 0.2) is 0 Å². The van der Waals surface area contributed by atoms with Gasteiger partial charge in [-0.25, -0.2) is 8.42 Å². The number of halogens is 1. The van der Waals surface area contributed by atoms with Crippen molar-refractivity contribution in [1.29, 1.82) is 0 Å². The molecular formula is C18H14ClN3O5S2. The van der Waals surface area contributed by atoms with E-state index in [1.54, 1.807) is 31.2 Å². The molecule has 0 bridgehead atoms. The predicted octanol–water partition coefficient (Wildman–Crippen LogP) is 4.67. The number of amides is 1. The summed E-state index contributed by atoms with van der Waals surface area (Å²) in [6.07, 6.45) is 0. The second-order valence-corrected chi connectivity index (χ2v) is 9.09. The van der Waals surface area contributed by atoms with E-state index in [0.717, 1.165) is 11.3 Å². The number of carbonyl (C=O) groups excluding carboxylic acids is 1. The van der Waals surface area contributed by atoms with Crippen LogP contribution in [0.4, 0.5) is 16.4 Å². The first-order chi connectivity index (χ1) is 13.7. The molecule has 0 aliphatic heterocycles. The van der Waals surface area contributed by atoms with Gasteiger partial charge < -0.3 is 5.32 Å². The lowest BCUT2D eigenvalue weighted by molar-refractivity contribution is -0.380. The summed E-state index contributed by atoms with van der Waals surface area (Å²) in [6.45, 7) is 1.63. The number of nitro groups is 1. The number of hydrogen-bond acceptors (Lipinski definition) is 6. The summed E-state index contributed by atoms with van der Waals surface area (Å²) >= 11 is 6.54.